The molecule has 6 rings (SSSR count). The van der Waals surface area contributed by atoms with Crippen LogP contribution in [-0.2, 0) is 21.5 Å². The fourth-order valence-electron chi connectivity index (χ4n) is 8.22. The standard InChI is InChI=1S/C34H44ClN5O4S/c1-22-6-4-15-34(42,19-37-39-36)29-11-8-26(29)18-40-20-33(14-5-7-24-16-27(35)10-12-28(24)33)21-44-31-13-9-25(17-30(31)40)32(41)38-45(3,43)23(22)2/h9-10,12-13,16-17,22-23,26,29,42H,3-8,11,14-15,18-21H2,1-2H3,(H,38,41,43)/t22-,23+,26-,29+,33-,34+,45?/m0/s1. The summed E-state index contributed by atoms with van der Waals surface area (Å²) in [6, 6.07) is 11.6. The third-order valence-corrected chi connectivity index (χ3v) is 13.6. The van der Waals surface area contributed by atoms with Crippen molar-refractivity contribution in [2.45, 2.75) is 81.5 Å². The van der Waals surface area contributed by atoms with Gasteiger partial charge >= 0.3 is 0 Å². The number of carbonyl (C=O) groups excluding carboxylic acids is 1. The zero-order valence-electron chi connectivity index (χ0n) is 26.2. The molecule has 45 heavy (non-hydrogen) atoms. The van der Waals surface area contributed by atoms with Crippen LogP contribution >= 0.6 is 11.6 Å². The average molecular weight is 654 g/mol. The third kappa shape index (κ3) is 6.14. The molecule has 2 bridgehead atoms. The van der Waals surface area contributed by atoms with Crippen LogP contribution < -0.4 is 14.4 Å². The molecule has 1 fully saturated rings. The van der Waals surface area contributed by atoms with Crippen LogP contribution in [0.2, 0.25) is 5.02 Å². The number of fused-ring (bicyclic) bond motifs is 4. The number of azide groups is 1. The van der Waals surface area contributed by atoms with Crippen molar-refractivity contribution in [1.29, 1.82) is 0 Å². The third-order valence-electron chi connectivity index (χ3n) is 11.2. The van der Waals surface area contributed by atoms with Crippen LogP contribution in [0.25, 0.3) is 10.4 Å². The average Bonchev–Trinajstić information content (AvgIpc) is 3.14. The lowest BCUT2D eigenvalue weighted by Gasteiger charge is -2.50. The number of anilines is 1. The van der Waals surface area contributed by atoms with Crippen molar-refractivity contribution in [1.82, 2.24) is 4.72 Å². The molecule has 4 aliphatic rings. The summed E-state index contributed by atoms with van der Waals surface area (Å²) >= 11 is 6.42. The number of benzene rings is 2. The van der Waals surface area contributed by atoms with E-state index in [1.54, 1.807) is 6.07 Å². The summed E-state index contributed by atoms with van der Waals surface area (Å²) in [7, 11) is -2.97. The van der Waals surface area contributed by atoms with Crippen LogP contribution in [0.4, 0.5) is 5.69 Å². The van der Waals surface area contributed by atoms with Gasteiger partial charge in [0.15, 0.2) is 0 Å². The molecule has 0 radical (unpaired) electrons. The van der Waals surface area contributed by atoms with Crippen LogP contribution in [-0.4, -0.2) is 58.2 Å². The summed E-state index contributed by atoms with van der Waals surface area (Å²) in [6.07, 6.45) is 6.60. The molecule has 11 heteroatoms. The summed E-state index contributed by atoms with van der Waals surface area (Å²) in [6.45, 7) is 5.73. The molecule has 1 saturated carbocycles. The Balaban J connectivity index is 1.44. The van der Waals surface area contributed by atoms with Crippen molar-refractivity contribution in [3.05, 3.63) is 68.6 Å². The molecule has 0 saturated heterocycles. The molecule has 1 amide bonds. The van der Waals surface area contributed by atoms with E-state index >= 15 is 0 Å². The number of aliphatic hydroxyl groups is 1. The summed E-state index contributed by atoms with van der Waals surface area (Å²) < 4.78 is 23.1. The molecule has 1 unspecified atom stereocenters. The van der Waals surface area contributed by atoms with E-state index in [9.17, 15) is 19.6 Å². The van der Waals surface area contributed by atoms with Gasteiger partial charge in [0.1, 0.15) is 5.75 Å². The Hall–Kier alpha value is -2.91. The Morgan fingerprint density at radius 3 is 2.78 bits per heavy atom. The van der Waals surface area contributed by atoms with Gasteiger partial charge in [0, 0.05) is 39.3 Å². The minimum Gasteiger partial charge on any atom is -0.490 e. The Morgan fingerprint density at radius 1 is 1.20 bits per heavy atom. The Kier molecular flexibility index (Phi) is 8.80. The zero-order chi connectivity index (χ0) is 32.0. The quantitative estimate of drug-likeness (QED) is 0.167. The SMILES string of the molecule is C=S1(=O)NC(=O)c2ccc3c(c2)N(C[C@@H]2CC[C@H]2[C@](O)(CN=[N+]=[N-])CCC[C@H](C)[C@H]1C)C[C@@]1(CCCc2cc(Cl)ccc21)CO3. The lowest BCUT2D eigenvalue weighted by Crippen LogP contribution is -2.54. The van der Waals surface area contributed by atoms with Crippen molar-refractivity contribution < 1.29 is 18.8 Å². The zero-order valence-corrected chi connectivity index (χ0v) is 27.8. The second kappa shape index (κ2) is 12.4. The van der Waals surface area contributed by atoms with Crippen LogP contribution in [0, 0.1) is 17.8 Å². The van der Waals surface area contributed by atoms with E-state index in [4.69, 9.17) is 16.3 Å². The van der Waals surface area contributed by atoms with E-state index in [0.29, 0.717) is 50.3 Å². The number of aryl methyl sites for hydroxylation is 1. The number of nitrogens with zero attached hydrogens (tertiary/aromatic N) is 4. The van der Waals surface area contributed by atoms with Gasteiger partial charge in [-0.25, -0.2) is 4.21 Å². The van der Waals surface area contributed by atoms with Crippen molar-refractivity contribution in [2.75, 3.05) is 31.1 Å². The van der Waals surface area contributed by atoms with Gasteiger partial charge < -0.3 is 14.7 Å². The molecule has 2 N–H and O–H groups in total. The lowest BCUT2D eigenvalue weighted by atomic mass is 9.62. The molecule has 242 valence electrons. The lowest BCUT2D eigenvalue weighted by molar-refractivity contribution is -0.0813. The highest BCUT2D eigenvalue weighted by Crippen LogP contribution is 2.49. The summed E-state index contributed by atoms with van der Waals surface area (Å²) in [5, 5.41) is 16.3. The van der Waals surface area contributed by atoms with Gasteiger partial charge in [0.2, 0.25) is 0 Å². The second-order valence-electron chi connectivity index (χ2n) is 14.0. The predicted octanol–water partition coefficient (Wildman–Crippen LogP) is 6.45. The molecule has 7 atom stereocenters. The van der Waals surface area contributed by atoms with Gasteiger partial charge in [-0.1, -0.05) is 36.1 Å². The van der Waals surface area contributed by atoms with E-state index in [-0.39, 0.29) is 35.0 Å². The molecule has 1 spiro atoms. The number of nitrogens with one attached hydrogen (secondary N) is 1. The van der Waals surface area contributed by atoms with Crippen LogP contribution in [0.3, 0.4) is 0 Å². The van der Waals surface area contributed by atoms with E-state index in [2.05, 4.69) is 37.7 Å². The molecular formula is C34H44ClN5O4S. The fraction of sp³-hybridized carbons (Fsp3) is 0.588. The van der Waals surface area contributed by atoms with E-state index in [0.717, 1.165) is 42.8 Å². The normalized spacial score (nSPS) is 35.0. The number of halogens is 1. The molecule has 2 aliphatic carbocycles. The van der Waals surface area contributed by atoms with Crippen molar-refractivity contribution in [3.8, 4) is 5.75 Å². The molecule has 2 aliphatic heterocycles. The summed E-state index contributed by atoms with van der Waals surface area (Å²) in [5.41, 5.74) is 11.5. The maximum atomic E-state index is 13.7. The van der Waals surface area contributed by atoms with Crippen molar-refractivity contribution >= 4 is 38.8 Å². The number of ether oxygens (including phenoxy) is 1. The largest absolute Gasteiger partial charge is 0.490 e. The topological polar surface area (TPSA) is 128 Å². The molecule has 0 aromatic heterocycles. The summed E-state index contributed by atoms with van der Waals surface area (Å²) in [5.74, 6) is 4.37. The van der Waals surface area contributed by atoms with Crippen LogP contribution in [0.1, 0.15) is 80.3 Å². The van der Waals surface area contributed by atoms with Crippen LogP contribution in [0.5, 0.6) is 5.75 Å². The maximum absolute atomic E-state index is 13.7. The van der Waals surface area contributed by atoms with Gasteiger partial charge in [0.25, 0.3) is 5.91 Å². The first-order chi connectivity index (χ1) is 21.4. The van der Waals surface area contributed by atoms with Gasteiger partial charge in [-0.15, -0.1) is 0 Å². The van der Waals surface area contributed by atoms with E-state index < -0.39 is 21.2 Å². The molecule has 2 aromatic rings. The number of rotatable bonds is 2. The first kappa shape index (κ1) is 32.0. The minimum atomic E-state index is -2.97. The predicted molar refractivity (Wildman–Crippen MR) is 181 cm³/mol. The monoisotopic (exact) mass is 653 g/mol. The van der Waals surface area contributed by atoms with Crippen molar-refractivity contribution in [3.63, 3.8) is 0 Å². The highest BCUT2D eigenvalue weighted by Gasteiger charge is 2.48. The second-order valence-corrected chi connectivity index (χ2v) is 16.8. The van der Waals surface area contributed by atoms with Crippen LogP contribution in [0.15, 0.2) is 41.5 Å². The first-order valence-electron chi connectivity index (χ1n) is 16.2. The highest BCUT2D eigenvalue weighted by atomic mass is 35.5. The number of amides is 1. The maximum Gasteiger partial charge on any atom is 0.262 e. The fourth-order valence-corrected chi connectivity index (χ4v) is 9.92. The number of hydrogen-bond donors (Lipinski definition) is 2. The Labute approximate surface area is 271 Å². The number of hydrogen-bond acceptors (Lipinski definition) is 6. The smallest absolute Gasteiger partial charge is 0.262 e. The Morgan fingerprint density at radius 2 is 2.02 bits per heavy atom. The van der Waals surface area contributed by atoms with E-state index in [1.165, 1.54) is 11.1 Å². The minimum absolute atomic E-state index is 0.00973. The number of carbonyl (C=O) groups is 1. The summed E-state index contributed by atoms with van der Waals surface area (Å²) in [4.78, 5) is 18.9. The molecule has 2 aromatic carbocycles. The highest BCUT2D eigenvalue weighted by molar-refractivity contribution is 7.99. The molecule has 9 nitrogen and oxygen atoms in total. The molecule has 2 heterocycles. The first-order valence-corrected chi connectivity index (χ1v) is 18.3. The Bertz CT molecular complexity index is 1630. The van der Waals surface area contributed by atoms with Gasteiger partial charge in [-0.05, 0) is 122 Å². The van der Waals surface area contributed by atoms with Gasteiger partial charge in [-0.2, -0.15) is 0 Å². The van der Waals surface area contributed by atoms with Gasteiger partial charge in [0.05, 0.1) is 34.1 Å². The van der Waals surface area contributed by atoms with E-state index in [1.807, 2.05) is 32.0 Å². The van der Waals surface area contributed by atoms with Crippen molar-refractivity contribution in [2.24, 2.45) is 22.9 Å². The molecular weight excluding hydrogens is 610 g/mol. The van der Waals surface area contributed by atoms with Gasteiger partial charge in [-0.3, -0.25) is 9.52 Å².